The molecule has 1 aliphatic heterocycles. The van der Waals surface area contributed by atoms with Crippen LogP contribution in [-0.4, -0.2) is 37.3 Å². The number of ether oxygens (including phenoxy) is 1. The molecule has 0 aromatic heterocycles. The molecule has 3 aromatic carbocycles. The van der Waals surface area contributed by atoms with Crippen LogP contribution in [0.5, 0.6) is 5.75 Å². The van der Waals surface area contributed by atoms with Gasteiger partial charge in [-0.25, -0.2) is 0 Å². The van der Waals surface area contributed by atoms with Crippen LogP contribution in [0.2, 0.25) is 0 Å². The molecule has 1 saturated heterocycles. The van der Waals surface area contributed by atoms with Gasteiger partial charge in [0.1, 0.15) is 5.75 Å². The highest BCUT2D eigenvalue weighted by atomic mass is 32.2. The number of carbonyl (C=O) groups is 1. The lowest BCUT2D eigenvalue weighted by Gasteiger charge is -2.32. The van der Waals surface area contributed by atoms with Crippen molar-refractivity contribution in [2.45, 2.75) is 36.7 Å². The van der Waals surface area contributed by atoms with Crippen LogP contribution in [0.25, 0.3) is 0 Å². The van der Waals surface area contributed by atoms with Gasteiger partial charge < -0.3 is 10.1 Å². The number of thioether (sulfide) groups is 1. The number of rotatable bonds is 8. The zero-order chi connectivity index (χ0) is 23.0. The molecule has 33 heavy (non-hydrogen) atoms. The number of nitrogens with zero attached hydrogens (tertiary/aromatic N) is 1. The van der Waals surface area contributed by atoms with Crippen LogP contribution in [0.15, 0.2) is 77.7 Å². The van der Waals surface area contributed by atoms with Crippen LogP contribution < -0.4 is 10.1 Å². The Morgan fingerprint density at radius 2 is 1.79 bits per heavy atom. The van der Waals surface area contributed by atoms with Gasteiger partial charge in [0.2, 0.25) is 0 Å². The van der Waals surface area contributed by atoms with E-state index in [1.165, 1.54) is 11.1 Å². The summed E-state index contributed by atoms with van der Waals surface area (Å²) in [7, 11) is 1.74. The first-order chi connectivity index (χ1) is 16.2. The van der Waals surface area contributed by atoms with Crippen molar-refractivity contribution >= 4 is 17.7 Å². The number of nitrogens with one attached hydrogen (secondary N) is 1. The van der Waals surface area contributed by atoms with Gasteiger partial charge in [0.15, 0.2) is 0 Å². The van der Waals surface area contributed by atoms with Gasteiger partial charge >= 0.3 is 0 Å². The number of piperidine rings is 1. The Morgan fingerprint density at radius 1 is 1.03 bits per heavy atom. The Hall–Kier alpha value is -2.76. The van der Waals surface area contributed by atoms with Crippen molar-refractivity contribution in [3.63, 3.8) is 0 Å². The van der Waals surface area contributed by atoms with Gasteiger partial charge in [-0.3, -0.25) is 9.69 Å². The number of para-hydroxylation sites is 1. The molecule has 0 spiro atoms. The van der Waals surface area contributed by atoms with Gasteiger partial charge in [-0.15, -0.1) is 11.8 Å². The summed E-state index contributed by atoms with van der Waals surface area (Å²) in [5.41, 5.74) is 4.48. The summed E-state index contributed by atoms with van der Waals surface area (Å²) < 4.78 is 5.51. The molecule has 0 unspecified atom stereocenters. The van der Waals surface area contributed by atoms with E-state index in [1.54, 1.807) is 18.9 Å². The number of benzene rings is 3. The lowest BCUT2D eigenvalue weighted by atomic mass is 9.88. The number of likely N-dealkylation sites (tertiary alicyclic amines) is 1. The molecule has 0 saturated carbocycles. The Bertz CT molecular complexity index is 1060. The zero-order valence-electron chi connectivity index (χ0n) is 19.4. The van der Waals surface area contributed by atoms with Gasteiger partial charge in [0, 0.05) is 29.1 Å². The van der Waals surface area contributed by atoms with Crippen molar-refractivity contribution in [3.8, 4) is 5.75 Å². The Kier molecular flexibility index (Phi) is 8.08. The fraction of sp³-hybridized carbons (Fsp3) is 0.321. The van der Waals surface area contributed by atoms with E-state index < -0.39 is 0 Å². The molecule has 1 heterocycles. The van der Waals surface area contributed by atoms with Crippen LogP contribution in [-0.2, 0) is 13.1 Å². The van der Waals surface area contributed by atoms with Crippen molar-refractivity contribution in [2.24, 2.45) is 0 Å². The third-order valence-electron chi connectivity index (χ3n) is 6.40. The molecule has 0 aliphatic carbocycles. The summed E-state index contributed by atoms with van der Waals surface area (Å²) in [6, 6.07) is 24.7. The zero-order valence-corrected chi connectivity index (χ0v) is 20.2. The van der Waals surface area contributed by atoms with Gasteiger partial charge in [-0.05, 0) is 79.6 Å². The number of hydrogen-bond donors (Lipinski definition) is 1. The first-order valence-corrected chi connectivity index (χ1v) is 12.7. The van der Waals surface area contributed by atoms with Crippen molar-refractivity contribution in [2.75, 3.05) is 26.5 Å². The molecule has 0 bridgehead atoms. The molecule has 4 rings (SSSR count). The maximum absolute atomic E-state index is 12.5. The Labute approximate surface area is 201 Å². The second kappa shape index (κ2) is 11.4. The maximum Gasteiger partial charge on any atom is 0.251 e. The topological polar surface area (TPSA) is 41.6 Å². The van der Waals surface area contributed by atoms with Crippen molar-refractivity contribution < 1.29 is 9.53 Å². The van der Waals surface area contributed by atoms with E-state index in [2.05, 4.69) is 46.6 Å². The van der Waals surface area contributed by atoms with E-state index in [1.807, 2.05) is 42.7 Å². The Morgan fingerprint density at radius 3 is 2.52 bits per heavy atom. The molecular formula is C28H32N2O2S. The predicted octanol–water partition coefficient (Wildman–Crippen LogP) is 5.73. The van der Waals surface area contributed by atoms with Crippen LogP contribution in [0.4, 0.5) is 0 Å². The van der Waals surface area contributed by atoms with Crippen LogP contribution in [0, 0.1) is 0 Å². The van der Waals surface area contributed by atoms with E-state index in [0.717, 1.165) is 48.7 Å². The fourth-order valence-electron chi connectivity index (χ4n) is 4.48. The summed E-state index contributed by atoms with van der Waals surface area (Å²) in [4.78, 5) is 16.2. The number of amides is 1. The average molecular weight is 461 g/mol. The number of methoxy groups -OCH3 is 1. The van der Waals surface area contributed by atoms with Crippen molar-refractivity contribution in [1.29, 1.82) is 0 Å². The molecule has 1 N–H and O–H groups in total. The number of carbonyl (C=O) groups excluding carboxylic acids is 1. The molecule has 1 amide bonds. The van der Waals surface area contributed by atoms with Gasteiger partial charge in [-0.1, -0.05) is 42.5 Å². The molecule has 5 heteroatoms. The molecular weight excluding hydrogens is 428 g/mol. The van der Waals surface area contributed by atoms with E-state index in [0.29, 0.717) is 18.0 Å². The molecule has 1 aliphatic rings. The van der Waals surface area contributed by atoms with E-state index in [4.69, 9.17) is 4.74 Å². The lowest BCUT2D eigenvalue weighted by molar-refractivity contribution is 0.0951. The summed E-state index contributed by atoms with van der Waals surface area (Å²) >= 11 is 1.68. The monoisotopic (exact) mass is 460 g/mol. The highest BCUT2D eigenvalue weighted by molar-refractivity contribution is 7.98. The van der Waals surface area contributed by atoms with Crippen LogP contribution >= 0.6 is 11.8 Å². The molecule has 0 radical (unpaired) electrons. The standard InChI is InChI=1S/C28H32N2O2S/c1-32-27-9-4-3-7-25(27)20-30-16-14-22(15-17-30)24-8-5-6-21(18-24)19-29-28(31)23-10-12-26(33-2)13-11-23/h3-13,18,22H,14-17,19-20H2,1-2H3,(H,29,31). The van der Waals surface area contributed by atoms with Gasteiger partial charge in [0.25, 0.3) is 5.91 Å². The molecule has 3 aromatic rings. The quantitative estimate of drug-likeness (QED) is 0.436. The smallest absolute Gasteiger partial charge is 0.251 e. The summed E-state index contributed by atoms with van der Waals surface area (Å²) in [6.45, 7) is 3.63. The first-order valence-electron chi connectivity index (χ1n) is 11.5. The normalized spacial score (nSPS) is 14.7. The third-order valence-corrected chi connectivity index (χ3v) is 7.15. The molecule has 172 valence electrons. The van der Waals surface area contributed by atoms with Crippen LogP contribution in [0.1, 0.15) is 45.8 Å². The molecule has 4 nitrogen and oxygen atoms in total. The van der Waals surface area contributed by atoms with E-state index in [9.17, 15) is 4.79 Å². The first kappa shape index (κ1) is 23.4. The highest BCUT2D eigenvalue weighted by Gasteiger charge is 2.21. The van der Waals surface area contributed by atoms with E-state index in [-0.39, 0.29) is 5.91 Å². The summed E-state index contributed by atoms with van der Waals surface area (Å²) in [5, 5.41) is 3.06. The largest absolute Gasteiger partial charge is 0.496 e. The molecule has 1 fully saturated rings. The maximum atomic E-state index is 12.5. The lowest BCUT2D eigenvalue weighted by Crippen LogP contribution is -2.32. The van der Waals surface area contributed by atoms with Gasteiger partial charge in [-0.2, -0.15) is 0 Å². The van der Waals surface area contributed by atoms with E-state index >= 15 is 0 Å². The minimum atomic E-state index is -0.0299. The Balaban J connectivity index is 1.30. The van der Waals surface area contributed by atoms with Crippen molar-refractivity contribution in [1.82, 2.24) is 10.2 Å². The second-order valence-electron chi connectivity index (χ2n) is 8.52. The minimum Gasteiger partial charge on any atom is -0.496 e. The highest BCUT2D eigenvalue weighted by Crippen LogP contribution is 2.30. The number of hydrogen-bond acceptors (Lipinski definition) is 4. The average Bonchev–Trinajstić information content (AvgIpc) is 2.88. The fourth-order valence-corrected chi connectivity index (χ4v) is 4.89. The van der Waals surface area contributed by atoms with Crippen LogP contribution in [0.3, 0.4) is 0 Å². The summed E-state index contributed by atoms with van der Waals surface area (Å²) in [6.07, 6.45) is 4.33. The van der Waals surface area contributed by atoms with Crippen molar-refractivity contribution in [3.05, 3.63) is 95.1 Å². The second-order valence-corrected chi connectivity index (χ2v) is 9.40. The molecule has 0 atom stereocenters. The summed E-state index contributed by atoms with van der Waals surface area (Å²) in [5.74, 6) is 1.50. The predicted molar refractivity (Wildman–Crippen MR) is 136 cm³/mol. The third kappa shape index (κ3) is 6.18. The van der Waals surface area contributed by atoms with Gasteiger partial charge in [0.05, 0.1) is 7.11 Å². The minimum absolute atomic E-state index is 0.0299. The SMILES string of the molecule is COc1ccccc1CN1CCC(c2cccc(CNC(=O)c3ccc(SC)cc3)c2)CC1.